The minimum absolute atomic E-state index is 0.0296. The molecule has 0 aliphatic heterocycles. The highest BCUT2D eigenvalue weighted by Gasteiger charge is 2.33. The van der Waals surface area contributed by atoms with Crippen LogP contribution in [0.4, 0.5) is 13.2 Å². The second-order valence-electron chi connectivity index (χ2n) is 2.71. The number of halogens is 5. The van der Waals surface area contributed by atoms with Crippen LogP contribution in [0, 0.1) is 3.57 Å². The molecule has 1 heterocycles. The highest BCUT2D eigenvalue weighted by atomic mass is 127. The number of aromatic nitrogens is 1. The van der Waals surface area contributed by atoms with Crippen LogP contribution in [0.3, 0.4) is 0 Å². The van der Waals surface area contributed by atoms with Crippen LogP contribution >= 0.6 is 34.2 Å². The standard InChI is InChI=1S/C8H6ClF3INO2/c9-1-5-6(13)7(16-8(10,11)12)4(3-15)2-14-5/h2,15H,1,3H2. The Morgan fingerprint density at radius 1 is 1.50 bits per heavy atom. The first-order chi connectivity index (χ1) is 7.39. The molecular formula is C8H6ClF3INO2. The van der Waals surface area contributed by atoms with Gasteiger partial charge in [-0.25, -0.2) is 0 Å². The Balaban J connectivity index is 3.21. The summed E-state index contributed by atoms with van der Waals surface area (Å²) in [6.45, 7) is -0.586. The van der Waals surface area contributed by atoms with Crippen LogP contribution in [0.25, 0.3) is 0 Å². The molecule has 0 aliphatic rings. The topological polar surface area (TPSA) is 42.4 Å². The van der Waals surface area contributed by atoms with Gasteiger partial charge in [0, 0.05) is 11.8 Å². The van der Waals surface area contributed by atoms with E-state index in [1.165, 1.54) is 0 Å². The Kier molecular flexibility index (Phi) is 4.62. The quantitative estimate of drug-likeness (QED) is 0.660. The van der Waals surface area contributed by atoms with Crippen molar-refractivity contribution in [1.29, 1.82) is 0 Å². The van der Waals surface area contributed by atoms with E-state index in [4.69, 9.17) is 16.7 Å². The number of rotatable bonds is 3. The maximum absolute atomic E-state index is 12.1. The fourth-order valence-corrected chi connectivity index (χ4v) is 2.19. The van der Waals surface area contributed by atoms with Crippen molar-refractivity contribution < 1.29 is 23.0 Å². The molecule has 0 aromatic carbocycles. The van der Waals surface area contributed by atoms with Gasteiger partial charge in [0.1, 0.15) is 0 Å². The first-order valence-electron chi connectivity index (χ1n) is 3.98. The lowest BCUT2D eigenvalue weighted by Crippen LogP contribution is -2.19. The van der Waals surface area contributed by atoms with Crippen molar-refractivity contribution in [2.24, 2.45) is 0 Å². The van der Waals surface area contributed by atoms with Gasteiger partial charge in [-0.05, 0) is 22.6 Å². The monoisotopic (exact) mass is 367 g/mol. The molecule has 0 saturated heterocycles. The minimum Gasteiger partial charge on any atom is -0.404 e. The summed E-state index contributed by atoms with van der Waals surface area (Å²) in [7, 11) is 0. The van der Waals surface area contributed by atoms with Crippen LogP contribution in [-0.4, -0.2) is 16.5 Å². The zero-order chi connectivity index (χ0) is 12.3. The normalized spacial score (nSPS) is 11.6. The van der Waals surface area contributed by atoms with Gasteiger partial charge in [-0.3, -0.25) is 4.98 Å². The van der Waals surface area contributed by atoms with E-state index in [0.717, 1.165) is 6.20 Å². The van der Waals surface area contributed by atoms with Crippen molar-refractivity contribution in [2.45, 2.75) is 18.8 Å². The molecule has 1 rings (SSSR count). The Morgan fingerprint density at radius 2 is 2.12 bits per heavy atom. The summed E-state index contributed by atoms with van der Waals surface area (Å²) in [5.74, 6) is -0.473. The van der Waals surface area contributed by atoms with Gasteiger partial charge in [-0.2, -0.15) is 0 Å². The van der Waals surface area contributed by atoms with E-state index in [-0.39, 0.29) is 20.7 Å². The van der Waals surface area contributed by atoms with Gasteiger partial charge >= 0.3 is 6.36 Å². The molecule has 0 fully saturated rings. The molecule has 16 heavy (non-hydrogen) atoms. The molecule has 0 amide bonds. The Labute approximate surface area is 108 Å². The fraction of sp³-hybridized carbons (Fsp3) is 0.375. The number of nitrogens with zero attached hydrogens (tertiary/aromatic N) is 1. The Hall–Kier alpha value is -0.280. The number of ether oxygens (including phenoxy) is 1. The Bertz CT molecular complexity index is 386. The van der Waals surface area contributed by atoms with Gasteiger partial charge in [0.2, 0.25) is 0 Å². The van der Waals surface area contributed by atoms with Gasteiger partial charge < -0.3 is 9.84 Å². The average Bonchev–Trinajstić information content (AvgIpc) is 2.19. The summed E-state index contributed by atoms with van der Waals surface area (Å²) in [6, 6.07) is 0. The van der Waals surface area contributed by atoms with Crippen molar-refractivity contribution in [3.8, 4) is 5.75 Å². The third-order valence-electron chi connectivity index (χ3n) is 1.64. The molecule has 0 unspecified atom stereocenters. The van der Waals surface area contributed by atoms with Crippen molar-refractivity contribution in [3.63, 3.8) is 0 Å². The van der Waals surface area contributed by atoms with Crippen LogP contribution in [0.15, 0.2) is 6.20 Å². The molecule has 8 heteroatoms. The molecule has 1 N–H and O–H groups in total. The Morgan fingerprint density at radius 3 is 2.56 bits per heavy atom. The largest absolute Gasteiger partial charge is 0.573 e. The number of aliphatic hydroxyl groups is 1. The summed E-state index contributed by atoms with van der Waals surface area (Å²) >= 11 is 7.15. The molecule has 1 aromatic heterocycles. The number of hydrogen-bond donors (Lipinski definition) is 1. The van der Waals surface area contributed by atoms with Crippen LogP contribution in [-0.2, 0) is 12.5 Å². The molecule has 0 atom stereocenters. The highest BCUT2D eigenvalue weighted by Crippen LogP contribution is 2.32. The summed E-state index contributed by atoms with van der Waals surface area (Å²) in [5, 5.41) is 8.88. The van der Waals surface area contributed by atoms with Crippen molar-refractivity contribution >= 4 is 34.2 Å². The molecule has 0 bridgehead atoms. The van der Waals surface area contributed by atoms with Crippen molar-refractivity contribution in [2.75, 3.05) is 0 Å². The van der Waals surface area contributed by atoms with E-state index in [1.807, 2.05) is 0 Å². The van der Waals surface area contributed by atoms with E-state index in [0.29, 0.717) is 0 Å². The van der Waals surface area contributed by atoms with E-state index in [2.05, 4.69) is 9.72 Å². The number of pyridine rings is 1. The average molecular weight is 367 g/mol. The lowest BCUT2D eigenvalue weighted by molar-refractivity contribution is -0.275. The summed E-state index contributed by atoms with van der Waals surface area (Å²) < 4.78 is 40.3. The number of alkyl halides is 4. The zero-order valence-electron chi connectivity index (χ0n) is 7.68. The molecule has 1 aromatic rings. The summed E-state index contributed by atoms with van der Waals surface area (Å²) in [5.41, 5.74) is 0.245. The number of hydrogen-bond acceptors (Lipinski definition) is 3. The van der Waals surface area contributed by atoms with E-state index < -0.39 is 18.7 Å². The highest BCUT2D eigenvalue weighted by molar-refractivity contribution is 14.1. The summed E-state index contributed by atoms with van der Waals surface area (Å²) in [6.07, 6.45) is -3.70. The molecule has 0 saturated carbocycles. The molecule has 0 spiro atoms. The van der Waals surface area contributed by atoms with Gasteiger partial charge in [-0.1, -0.05) is 0 Å². The number of aliphatic hydroxyl groups excluding tert-OH is 1. The second-order valence-corrected chi connectivity index (χ2v) is 4.06. The molecular weight excluding hydrogens is 361 g/mol. The SMILES string of the molecule is OCc1cnc(CCl)c(I)c1OC(F)(F)F. The molecule has 0 radical (unpaired) electrons. The smallest absolute Gasteiger partial charge is 0.404 e. The van der Waals surface area contributed by atoms with Crippen molar-refractivity contribution in [3.05, 3.63) is 21.0 Å². The first-order valence-corrected chi connectivity index (χ1v) is 5.59. The van der Waals surface area contributed by atoms with Gasteiger partial charge in [0.05, 0.1) is 21.8 Å². The predicted octanol–water partition coefficient (Wildman–Crippen LogP) is 2.82. The molecule has 0 aliphatic carbocycles. The fourth-order valence-electron chi connectivity index (χ4n) is 0.975. The van der Waals surface area contributed by atoms with Crippen molar-refractivity contribution in [1.82, 2.24) is 4.98 Å². The molecule has 90 valence electrons. The first kappa shape index (κ1) is 13.8. The molecule has 3 nitrogen and oxygen atoms in total. The van der Waals surface area contributed by atoms with Crippen LogP contribution in [0.5, 0.6) is 5.75 Å². The maximum atomic E-state index is 12.1. The van der Waals surface area contributed by atoms with Crippen LogP contribution in [0.2, 0.25) is 0 Å². The minimum atomic E-state index is -4.81. The third-order valence-corrected chi connectivity index (χ3v) is 3.00. The van der Waals surface area contributed by atoms with Crippen LogP contribution in [0.1, 0.15) is 11.3 Å². The zero-order valence-corrected chi connectivity index (χ0v) is 10.6. The van der Waals surface area contributed by atoms with E-state index in [9.17, 15) is 13.2 Å². The van der Waals surface area contributed by atoms with Gasteiger partial charge in [0.15, 0.2) is 5.75 Å². The van der Waals surface area contributed by atoms with Gasteiger partial charge in [0.25, 0.3) is 0 Å². The van der Waals surface area contributed by atoms with E-state index >= 15 is 0 Å². The van der Waals surface area contributed by atoms with Gasteiger partial charge in [-0.15, -0.1) is 24.8 Å². The third kappa shape index (κ3) is 3.36. The van der Waals surface area contributed by atoms with Crippen LogP contribution < -0.4 is 4.74 Å². The predicted molar refractivity (Wildman–Crippen MR) is 59.1 cm³/mol. The lowest BCUT2D eigenvalue weighted by Gasteiger charge is -2.14. The maximum Gasteiger partial charge on any atom is 0.573 e. The lowest BCUT2D eigenvalue weighted by atomic mass is 10.2. The second kappa shape index (κ2) is 5.37. The van der Waals surface area contributed by atoms with E-state index in [1.54, 1.807) is 22.6 Å². The summed E-state index contributed by atoms with van der Waals surface area (Å²) in [4.78, 5) is 3.81.